The number of nitrogens with one attached hydrogen (secondary N) is 1. The fraction of sp³-hybridized carbons (Fsp3) is 0.0833. The van der Waals surface area contributed by atoms with Gasteiger partial charge in [-0.25, -0.2) is 9.97 Å². The molecule has 5 aromatic rings. The van der Waals surface area contributed by atoms with E-state index in [1.54, 1.807) is 18.4 Å². The summed E-state index contributed by atoms with van der Waals surface area (Å²) in [4.78, 5) is 22.4. The van der Waals surface area contributed by atoms with Gasteiger partial charge in [0.05, 0.1) is 23.5 Å². The molecule has 5 rings (SSSR count). The third kappa shape index (κ3) is 3.69. The van der Waals surface area contributed by atoms with Gasteiger partial charge in [-0.05, 0) is 36.2 Å². The SMILES string of the molecule is Nc1c(C(=O)NCCc2ccccc2)c2nc3ccccc3nc2n1/N=C\c1ccco1. The molecule has 0 atom stereocenters. The van der Waals surface area contributed by atoms with Crippen LogP contribution >= 0.6 is 0 Å². The highest BCUT2D eigenvalue weighted by molar-refractivity contribution is 6.10. The van der Waals surface area contributed by atoms with Crippen molar-refractivity contribution in [1.82, 2.24) is 20.0 Å². The highest BCUT2D eigenvalue weighted by atomic mass is 16.3. The Morgan fingerprint density at radius 3 is 2.53 bits per heavy atom. The van der Waals surface area contributed by atoms with Crippen LogP contribution in [0.5, 0.6) is 0 Å². The normalized spacial score (nSPS) is 11.5. The molecule has 0 aliphatic carbocycles. The number of hydrogen-bond donors (Lipinski definition) is 2. The number of nitrogen functional groups attached to an aromatic ring is 1. The second-order valence-electron chi connectivity index (χ2n) is 7.21. The van der Waals surface area contributed by atoms with Gasteiger partial charge in [0.15, 0.2) is 5.65 Å². The Morgan fingerprint density at radius 2 is 1.78 bits per heavy atom. The van der Waals surface area contributed by atoms with Crippen molar-refractivity contribution in [3.8, 4) is 0 Å². The summed E-state index contributed by atoms with van der Waals surface area (Å²) in [7, 11) is 0. The Hall–Kier alpha value is -4.46. The highest BCUT2D eigenvalue weighted by Gasteiger charge is 2.24. The molecule has 0 fully saturated rings. The maximum absolute atomic E-state index is 13.1. The summed E-state index contributed by atoms with van der Waals surface area (Å²) >= 11 is 0. The molecule has 0 bridgehead atoms. The minimum atomic E-state index is -0.319. The Bertz CT molecular complexity index is 1420. The molecule has 0 spiro atoms. The van der Waals surface area contributed by atoms with Crippen molar-refractivity contribution in [3.05, 3.63) is 89.9 Å². The molecular formula is C24H20N6O2. The van der Waals surface area contributed by atoms with Gasteiger partial charge in [0, 0.05) is 6.54 Å². The Kier molecular flexibility index (Phi) is 5.09. The van der Waals surface area contributed by atoms with Crippen LogP contribution in [0.25, 0.3) is 22.2 Å². The van der Waals surface area contributed by atoms with Gasteiger partial charge in [-0.15, -0.1) is 0 Å². The summed E-state index contributed by atoms with van der Waals surface area (Å²) in [5, 5.41) is 7.35. The first-order valence-electron chi connectivity index (χ1n) is 10.2. The Labute approximate surface area is 183 Å². The predicted molar refractivity (Wildman–Crippen MR) is 124 cm³/mol. The van der Waals surface area contributed by atoms with Crippen LogP contribution < -0.4 is 11.1 Å². The maximum Gasteiger partial charge on any atom is 0.257 e. The number of rotatable bonds is 6. The molecule has 0 radical (unpaired) electrons. The van der Waals surface area contributed by atoms with Crippen molar-refractivity contribution in [3.63, 3.8) is 0 Å². The Balaban J connectivity index is 1.53. The lowest BCUT2D eigenvalue weighted by atomic mass is 10.1. The van der Waals surface area contributed by atoms with Crippen LogP contribution in [-0.2, 0) is 6.42 Å². The van der Waals surface area contributed by atoms with E-state index >= 15 is 0 Å². The lowest BCUT2D eigenvalue weighted by Gasteiger charge is -2.05. The predicted octanol–water partition coefficient (Wildman–Crippen LogP) is 3.61. The van der Waals surface area contributed by atoms with E-state index < -0.39 is 0 Å². The standard InChI is InChI=1S/C24H20N6O2/c25-22-20(24(31)26-13-12-16-7-2-1-3-8-16)21-23(29-19-11-5-4-10-18(19)28-21)30(22)27-15-17-9-6-14-32-17/h1-11,14-15H,12-13,25H2,(H,26,31)/b27-15-. The van der Waals surface area contributed by atoms with Crippen molar-refractivity contribution >= 4 is 40.1 Å². The molecule has 8 nitrogen and oxygen atoms in total. The molecule has 3 aromatic heterocycles. The van der Waals surface area contributed by atoms with E-state index in [1.807, 2.05) is 54.6 Å². The first kappa shape index (κ1) is 19.5. The van der Waals surface area contributed by atoms with Gasteiger partial charge in [0.25, 0.3) is 5.91 Å². The van der Waals surface area contributed by atoms with E-state index in [2.05, 4.69) is 20.4 Å². The smallest absolute Gasteiger partial charge is 0.257 e. The number of fused-ring (bicyclic) bond motifs is 2. The van der Waals surface area contributed by atoms with Crippen molar-refractivity contribution in [2.45, 2.75) is 6.42 Å². The van der Waals surface area contributed by atoms with Crippen LogP contribution in [0.1, 0.15) is 21.7 Å². The number of anilines is 1. The molecule has 1 amide bonds. The zero-order chi connectivity index (χ0) is 21.9. The minimum absolute atomic E-state index is 0.162. The van der Waals surface area contributed by atoms with Crippen LogP contribution in [0.3, 0.4) is 0 Å². The lowest BCUT2D eigenvalue weighted by Crippen LogP contribution is -2.26. The maximum atomic E-state index is 13.1. The van der Waals surface area contributed by atoms with Crippen molar-refractivity contribution in [2.24, 2.45) is 5.10 Å². The van der Waals surface area contributed by atoms with Gasteiger partial charge < -0.3 is 15.5 Å². The van der Waals surface area contributed by atoms with Crippen molar-refractivity contribution in [1.29, 1.82) is 0 Å². The molecule has 0 aliphatic heterocycles. The quantitative estimate of drug-likeness (QED) is 0.405. The summed E-state index contributed by atoms with van der Waals surface area (Å²) in [5.41, 5.74) is 9.92. The molecule has 0 saturated heterocycles. The first-order valence-corrected chi connectivity index (χ1v) is 10.2. The van der Waals surface area contributed by atoms with E-state index in [0.29, 0.717) is 40.9 Å². The fourth-order valence-corrected chi connectivity index (χ4v) is 3.52. The van der Waals surface area contributed by atoms with Crippen LogP contribution in [0.2, 0.25) is 0 Å². The number of furan rings is 1. The van der Waals surface area contributed by atoms with E-state index in [1.165, 1.54) is 10.9 Å². The number of hydrogen-bond acceptors (Lipinski definition) is 6. The molecule has 32 heavy (non-hydrogen) atoms. The summed E-state index contributed by atoms with van der Waals surface area (Å²) < 4.78 is 6.73. The zero-order valence-electron chi connectivity index (χ0n) is 17.1. The molecule has 0 saturated carbocycles. The van der Waals surface area contributed by atoms with E-state index in [4.69, 9.17) is 10.2 Å². The molecule has 0 aliphatic rings. The van der Waals surface area contributed by atoms with Gasteiger partial charge in [-0.3, -0.25) is 4.79 Å². The van der Waals surface area contributed by atoms with Crippen LogP contribution in [0, 0.1) is 0 Å². The number of carbonyl (C=O) groups is 1. The molecular weight excluding hydrogens is 404 g/mol. The number of amides is 1. The summed E-state index contributed by atoms with van der Waals surface area (Å²) in [5.74, 6) is 0.393. The number of nitrogens with zero attached hydrogens (tertiary/aromatic N) is 4. The number of benzene rings is 2. The summed E-state index contributed by atoms with van der Waals surface area (Å²) in [6, 6.07) is 20.9. The van der Waals surface area contributed by atoms with Crippen LogP contribution in [0.15, 0.2) is 82.5 Å². The summed E-state index contributed by atoms with van der Waals surface area (Å²) in [6.45, 7) is 0.464. The van der Waals surface area contributed by atoms with Gasteiger partial charge in [0.1, 0.15) is 22.7 Å². The molecule has 3 heterocycles. The molecule has 3 N–H and O–H groups in total. The van der Waals surface area contributed by atoms with Gasteiger partial charge in [-0.2, -0.15) is 9.78 Å². The summed E-state index contributed by atoms with van der Waals surface area (Å²) in [6.07, 6.45) is 3.78. The molecule has 158 valence electrons. The number of carbonyl (C=O) groups excluding carboxylic acids is 1. The molecule has 0 unspecified atom stereocenters. The minimum Gasteiger partial charge on any atom is -0.463 e. The van der Waals surface area contributed by atoms with E-state index in [-0.39, 0.29) is 17.3 Å². The van der Waals surface area contributed by atoms with Crippen molar-refractivity contribution in [2.75, 3.05) is 12.3 Å². The number of nitrogens with two attached hydrogens (primary N) is 1. The van der Waals surface area contributed by atoms with E-state index in [0.717, 1.165) is 5.56 Å². The van der Waals surface area contributed by atoms with Crippen molar-refractivity contribution < 1.29 is 9.21 Å². The monoisotopic (exact) mass is 424 g/mol. The van der Waals surface area contributed by atoms with Gasteiger partial charge >= 0.3 is 0 Å². The van der Waals surface area contributed by atoms with Crippen LogP contribution in [-0.4, -0.2) is 33.3 Å². The third-order valence-electron chi connectivity index (χ3n) is 5.09. The fourth-order valence-electron chi connectivity index (χ4n) is 3.52. The van der Waals surface area contributed by atoms with Gasteiger partial charge in [0.2, 0.25) is 0 Å². The van der Waals surface area contributed by atoms with E-state index in [9.17, 15) is 4.79 Å². The molecule has 2 aromatic carbocycles. The molecule has 8 heteroatoms. The average Bonchev–Trinajstić information content (AvgIpc) is 3.42. The highest BCUT2D eigenvalue weighted by Crippen LogP contribution is 2.27. The third-order valence-corrected chi connectivity index (χ3v) is 5.09. The second-order valence-corrected chi connectivity index (χ2v) is 7.21. The second kappa shape index (κ2) is 8.35. The average molecular weight is 424 g/mol. The zero-order valence-corrected chi connectivity index (χ0v) is 17.1. The number of para-hydroxylation sites is 2. The Morgan fingerprint density at radius 1 is 1.03 bits per heavy atom. The first-order chi connectivity index (χ1) is 15.7. The van der Waals surface area contributed by atoms with Crippen LogP contribution in [0.4, 0.5) is 5.82 Å². The topological polar surface area (TPSA) is 111 Å². The van der Waals surface area contributed by atoms with Gasteiger partial charge in [-0.1, -0.05) is 42.5 Å². The lowest BCUT2D eigenvalue weighted by molar-refractivity contribution is 0.0956. The number of aromatic nitrogens is 3. The largest absolute Gasteiger partial charge is 0.463 e.